The number of rotatable bonds is 2. The number of ether oxygens (including phenoxy) is 1. The monoisotopic (exact) mass is 188 g/mol. The maximum absolute atomic E-state index is 12.9. The van der Waals surface area contributed by atoms with E-state index in [0.29, 0.717) is 0 Å². The van der Waals surface area contributed by atoms with Crippen LogP contribution in [0.15, 0.2) is 12.1 Å². The van der Waals surface area contributed by atoms with Crippen LogP contribution >= 0.6 is 0 Å². The lowest BCUT2D eigenvalue weighted by Crippen LogP contribution is -2.35. The first kappa shape index (κ1) is 9.95. The van der Waals surface area contributed by atoms with E-state index in [4.69, 9.17) is 10.0 Å². The van der Waals surface area contributed by atoms with Gasteiger partial charge in [-0.2, -0.15) is 0 Å². The summed E-state index contributed by atoms with van der Waals surface area (Å²) in [5.74, 6) is -2.11. The first-order chi connectivity index (χ1) is 6.06. The Kier molecular flexibility index (Phi) is 2.85. The Morgan fingerprint density at radius 2 is 1.69 bits per heavy atom. The van der Waals surface area contributed by atoms with Gasteiger partial charge in [-0.05, 0) is 0 Å². The van der Waals surface area contributed by atoms with Gasteiger partial charge in [0.2, 0.25) is 0 Å². The minimum atomic E-state index is -2.16. The van der Waals surface area contributed by atoms with Crippen molar-refractivity contribution in [1.82, 2.24) is 0 Å². The fourth-order valence-corrected chi connectivity index (χ4v) is 0.926. The van der Waals surface area contributed by atoms with Gasteiger partial charge in [0.1, 0.15) is 17.4 Å². The van der Waals surface area contributed by atoms with Crippen LogP contribution in [0.25, 0.3) is 0 Å². The van der Waals surface area contributed by atoms with Crippen molar-refractivity contribution >= 4 is 12.6 Å². The Balaban J connectivity index is 3.23. The zero-order valence-corrected chi connectivity index (χ0v) is 6.79. The Morgan fingerprint density at radius 1 is 1.23 bits per heavy atom. The topological polar surface area (TPSA) is 49.7 Å². The summed E-state index contributed by atoms with van der Waals surface area (Å²) in [5, 5.41) is 17.2. The molecule has 1 aromatic rings. The van der Waals surface area contributed by atoms with Gasteiger partial charge in [0.15, 0.2) is 0 Å². The van der Waals surface area contributed by atoms with Gasteiger partial charge >= 0.3 is 7.12 Å². The van der Waals surface area contributed by atoms with Crippen molar-refractivity contribution in [1.29, 1.82) is 0 Å². The van der Waals surface area contributed by atoms with E-state index >= 15 is 0 Å². The second-order valence-electron chi connectivity index (χ2n) is 2.38. The molecule has 0 unspecified atom stereocenters. The zero-order chi connectivity index (χ0) is 10.0. The van der Waals surface area contributed by atoms with E-state index in [0.717, 1.165) is 12.1 Å². The van der Waals surface area contributed by atoms with E-state index in [1.54, 1.807) is 0 Å². The van der Waals surface area contributed by atoms with E-state index in [-0.39, 0.29) is 5.75 Å². The van der Waals surface area contributed by atoms with Crippen LogP contribution in [-0.4, -0.2) is 24.3 Å². The Hall–Kier alpha value is -1.14. The number of benzene rings is 1. The molecule has 0 saturated heterocycles. The Labute approximate surface area is 73.7 Å². The average Bonchev–Trinajstić information content (AvgIpc) is 2.02. The summed E-state index contributed by atoms with van der Waals surface area (Å²) in [7, 11) is -0.908. The highest BCUT2D eigenvalue weighted by atomic mass is 19.1. The van der Waals surface area contributed by atoms with Gasteiger partial charge in [0.05, 0.1) is 12.6 Å². The SMILES string of the molecule is COc1cc(F)c(B(O)O)c(F)c1. The van der Waals surface area contributed by atoms with Crippen LogP contribution in [0.2, 0.25) is 0 Å². The van der Waals surface area contributed by atoms with Crippen LogP contribution in [0.3, 0.4) is 0 Å². The lowest BCUT2D eigenvalue weighted by Gasteiger charge is -2.05. The molecule has 1 aromatic carbocycles. The van der Waals surface area contributed by atoms with E-state index in [2.05, 4.69) is 4.74 Å². The molecule has 0 amide bonds. The molecule has 0 radical (unpaired) electrons. The van der Waals surface area contributed by atoms with E-state index in [1.165, 1.54) is 7.11 Å². The molecule has 13 heavy (non-hydrogen) atoms. The van der Waals surface area contributed by atoms with Crippen LogP contribution in [0.5, 0.6) is 5.75 Å². The third-order valence-electron chi connectivity index (χ3n) is 1.55. The van der Waals surface area contributed by atoms with Gasteiger partial charge in [-0.25, -0.2) is 8.78 Å². The summed E-state index contributed by atoms with van der Waals surface area (Å²) >= 11 is 0. The maximum atomic E-state index is 12.9. The van der Waals surface area contributed by atoms with Crippen LogP contribution in [-0.2, 0) is 0 Å². The van der Waals surface area contributed by atoms with Crippen molar-refractivity contribution < 1.29 is 23.6 Å². The largest absolute Gasteiger partial charge is 0.497 e. The van der Waals surface area contributed by atoms with Crippen molar-refractivity contribution in [3.63, 3.8) is 0 Å². The molecule has 0 aliphatic rings. The lowest BCUT2D eigenvalue weighted by molar-refractivity contribution is 0.403. The van der Waals surface area contributed by atoms with Gasteiger partial charge in [-0.15, -0.1) is 0 Å². The van der Waals surface area contributed by atoms with Gasteiger partial charge in [-0.1, -0.05) is 0 Å². The summed E-state index contributed by atoms with van der Waals surface area (Å²) in [6.07, 6.45) is 0. The van der Waals surface area contributed by atoms with Crippen molar-refractivity contribution in [3.8, 4) is 5.75 Å². The highest BCUT2D eigenvalue weighted by Gasteiger charge is 2.22. The van der Waals surface area contributed by atoms with Gasteiger partial charge in [0.25, 0.3) is 0 Å². The summed E-state index contributed by atoms with van der Waals surface area (Å²) in [6, 6.07) is 1.75. The molecule has 0 aliphatic heterocycles. The highest BCUT2D eigenvalue weighted by molar-refractivity contribution is 6.58. The normalized spacial score (nSPS) is 9.92. The first-order valence-electron chi connectivity index (χ1n) is 3.45. The third-order valence-corrected chi connectivity index (χ3v) is 1.55. The van der Waals surface area contributed by atoms with Crippen molar-refractivity contribution in [2.24, 2.45) is 0 Å². The van der Waals surface area contributed by atoms with Gasteiger partial charge < -0.3 is 14.8 Å². The minimum Gasteiger partial charge on any atom is -0.497 e. The quantitative estimate of drug-likeness (QED) is 0.623. The van der Waals surface area contributed by atoms with Crippen molar-refractivity contribution in [2.75, 3.05) is 7.11 Å². The molecule has 0 heterocycles. The molecule has 0 fully saturated rings. The summed E-state index contributed by atoms with van der Waals surface area (Å²) in [5.41, 5.74) is -0.777. The van der Waals surface area contributed by atoms with Crippen molar-refractivity contribution in [3.05, 3.63) is 23.8 Å². The molecule has 0 atom stereocenters. The fourth-order valence-electron chi connectivity index (χ4n) is 0.926. The summed E-state index contributed by atoms with van der Waals surface area (Å²) < 4.78 is 30.4. The molecule has 0 spiro atoms. The predicted molar refractivity (Wildman–Crippen MR) is 42.7 cm³/mol. The summed E-state index contributed by atoms with van der Waals surface area (Å²) in [4.78, 5) is 0. The minimum absolute atomic E-state index is 0.0144. The Bertz CT molecular complexity index is 294. The maximum Gasteiger partial charge on any atom is 0.494 e. The average molecular weight is 188 g/mol. The van der Waals surface area contributed by atoms with Crippen LogP contribution in [0.1, 0.15) is 0 Å². The van der Waals surface area contributed by atoms with Crippen LogP contribution < -0.4 is 10.2 Å². The molecule has 2 N–H and O–H groups in total. The highest BCUT2D eigenvalue weighted by Crippen LogP contribution is 2.13. The molecule has 3 nitrogen and oxygen atoms in total. The smallest absolute Gasteiger partial charge is 0.494 e. The third kappa shape index (κ3) is 1.96. The second-order valence-corrected chi connectivity index (χ2v) is 2.38. The fraction of sp³-hybridized carbons (Fsp3) is 0.143. The molecular weight excluding hydrogens is 181 g/mol. The van der Waals surface area contributed by atoms with Crippen LogP contribution in [0.4, 0.5) is 8.78 Å². The lowest BCUT2D eigenvalue weighted by atomic mass is 9.79. The predicted octanol–water partition coefficient (Wildman–Crippen LogP) is -0.347. The number of hydrogen-bond donors (Lipinski definition) is 2. The van der Waals surface area contributed by atoms with E-state index in [1.807, 2.05) is 0 Å². The van der Waals surface area contributed by atoms with Crippen LogP contribution in [0, 0.1) is 11.6 Å². The Morgan fingerprint density at radius 3 is 2.00 bits per heavy atom. The number of halogens is 2. The van der Waals surface area contributed by atoms with E-state index in [9.17, 15) is 8.78 Å². The van der Waals surface area contributed by atoms with Crippen molar-refractivity contribution in [2.45, 2.75) is 0 Å². The molecule has 6 heteroatoms. The number of hydrogen-bond acceptors (Lipinski definition) is 3. The second kappa shape index (κ2) is 3.72. The van der Waals surface area contributed by atoms with Gasteiger partial charge in [-0.3, -0.25) is 0 Å². The van der Waals surface area contributed by atoms with E-state index < -0.39 is 24.2 Å². The molecule has 0 saturated carbocycles. The molecule has 0 aromatic heterocycles. The first-order valence-corrected chi connectivity index (χ1v) is 3.45. The molecule has 1 rings (SSSR count). The summed E-state index contributed by atoms with van der Waals surface area (Å²) in [6.45, 7) is 0. The molecule has 70 valence electrons. The molecular formula is C7H7BF2O3. The number of methoxy groups -OCH3 is 1. The van der Waals surface area contributed by atoms with Gasteiger partial charge in [0, 0.05) is 12.1 Å². The molecule has 0 bridgehead atoms. The zero-order valence-electron chi connectivity index (χ0n) is 6.79. The standard InChI is InChI=1S/C7H7BF2O3/c1-13-4-2-5(9)7(8(11)12)6(10)3-4/h2-3,11-12H,1H3. The molecule has 0 aliphatic carbocycles.